The molecule has 0 unspecified atom stereocenters. The Labute approximate surface area is 162 Å². The average Bonchev–Trinajstić information content (AvgIpc) is 2.69. The van der Waals surface area contributed by atoms with Crippen molar-refractivity contribution >= 4 is 0 Å². The molecule has 0 saturated carbocycles. The molecule has 2 aliphatic rings. The van der Waals surface area contributed by atoms with E-state index in [-0.39, 0.29) is 12.1 Å². The molecular formula is C22H30N4O. The number of aliphatic hydroxyl groups excluding tert-OH is 1. The number of piperazine rings is 2. The number of pyridine rings is 1. The molecule has 2 atom stereocenters. The fraction of sp³-hybridized carbons (Fsp3) is 0.500. The van der Waals surface area contributed by atoms with E-state index in [1.165, 1.54) is 5.56 Å². The second-order valence-electron chi connectivity index (χ2n) is 8.21. The first-order valence-corrected chi connectivity index (χ1v) is 9.92. The van der Waals surface area contributed by atoms with Crippen LogP contribution in [-0.4, -0.2) is 75.7 Å². The molecule has 1 N–H and O–H groups in total. The van der Waals surface area contributed by atoms with Gasteiger partial charge in [-0.25, -0.2) is 0 Å². The van der Waals surface area contributed by atoms with E-state index in [4.69, 9.17) is 0 Å². The topological polar surface area (TPSA) is 42.8 Å². The summed E-state index contributed by atoms with van der Waals surface area (Å²) in [6.45, 7) is 9.28. The van der Waals surface area contributed by atoms with Gasteiger partial charge in [-0.3, -0.25) is 19.7 Å². The van der Waals surface area contributed by atoms with Crippen LogP contribution in [0, 0.1) is 0 Å². The van der Waals surface area contributed by atoms with Crippen LogP contribution < -0.4 is 0 Å². The predicted molar refractivity (Wildman–Crippen MR) is 107 cm³/mol. The van der Waals surface area contributed by atoms with Crippen LogP contribution >= 0.6 is 0 Å². The molecule has 5 nitrogen and oxygen atoms in total. The summed E-state index contributed by atoms with van der Waals surface area (Å²) < 4.78 is 0. The molecule has 27 heavy (non-hydrogen) atoms. The molecular weight excluding hydrogens is 336 g/mol. The molecule has 0 aliphatic carbocycles. The number of benzene rings is 1. The number of aromatic nitrogens is 1. The van der Waals surface area contributed by atoms with E-state index in [1.54, 1.807) is 0 Å². The SMILES string of the molecule is C[C@@]1(CO)CN(Cc2ccccc2)C[C@@H]2CN(Cc3ccccn3)CCN21. The number of aliphatic hydroxyl groups is 1. The Kier molecular flexibility index (Phi) is 5.55. The molecule has 2 fully saturated rings. The third-order valence-corrected chi connectivity index (χ3v) is 5.99. The summed E-state index contributed by atoms with van der Waals surface area (Å²) >= 11 is 0. The van der Waals surface area contributed by atoms with Crippen molar-refractivity contribution in [1.29, 1.82) is 0 Å². The molecule has 0 bridgehead atoms. The van der Waals surface area contributed by atoms with Crippen molar-refractivity contribution in [3.05, 3.63) is 66.0 Å². The minimum atomic E-state index is -0.172. The second kappa shape index (κ2) is 8.07. The van der Waals surface area contributed by atoms with Crippen LogP contribution in [0.5, 0.6) is 0 Å². The quantitative estimate of drug-likeness (QED) is 0.875. The van der Waals surface area contributed by atoms with Crippen molar-refractivity contribution in [2.45, 2.75) is 31.6 Å². The summed E-state index contributed by atoms with van der Waals surface area (Å²) in [4.78, 5) is 12.0. The van der Waals surface area contributed by atoms with Crippen molar-refractivity contribution in [1.82, 2.24) is 19.7 Å². The minimum absolute atomic E-state index is 0.172. The van der Waals surface area contributed by atoms with Gasteiger partial charge in [-0.15, -0.1) is 0 Å². The summed E-state index contributed by atoms with van der Waals surface area (Å²) in [5, 5.41) is 10.2. The maximum atomic E-state index is 10.2. The Hall–Kier alpha value is -1.79. The standard InChI is InChI=1S/C22H30N4O/c1-22(18-27)17-25(13-19-7-3-2-4-8-19)16-21-15-24(11-12-26(21)22)14-20-9-5-6-10-23-20/h2-10,21,27H,11-18H2,1H3/t21-,22-/m0/s1. The maximum absolute atomic E-state index is 10.2. The van der Waals surface area contributed by atoms with Gasteiger partial charge in [-0.1, -0.05) is 36.4 Å². The zero-order chi connectivity index (χ0) is 18.7. The number of rotatable bonds is 5. The van der Waals surface area contributed by atoms with Crippen LogP contribution in [0.4, 0.5) is 0 Å². The lowest BCUT2D eigenvalue weighted by atomic mass is 9.91. The van der Waals surface area contributed by atoms with Crippen LogP contribution in [0.25, 0.3) is 0 Å². The van der Waals surface area contributed by atoms with Gasteiger partial charge in [0.1, 0.15) is 0 Å². The smallest absolute Gasteiger partial charge is 0.0625 e. The Morgan fingerprint density at radius 3 is 2.52 bits per heavy atom. The zero-order valence-corrected chi connectivity index (χ0v) is 16.2. The Morgan fingerprint density at radius 2 is 1.78 bits per heavy atom. The van der Waals surface area contributed by atoms with Crippen molar-refractivity contribution < 1.29 is 5.11 Å². The van der Waals surface area contributed by atoms with E-state index in [1.807, 2.05) is 12.3 Å². The minimum Gasteiger partial charge on any atom is -0.394 e. The lowest BCUT2D eigenvalue weighted by Gasteiger charge is -2.56. The summed E-state index contributed by atoms with van der Waals surface area (Å²) in [5.74, 6) is 0. The van der Waals surface area contributed by atoms with Crippen molar-refractivity contribution in [2.24, 2.45) is 0 Å². The molecule has 1 aromatic carbocycles. The van der Waals surface area contributed by atoms with Crippen molar-refractivity contribution in [3.63, 3.8) is 0 Å². The highest BCUT2D eigenvalue weighted by Gasteiger charge is 2.44. The van der Waals surface area contributed by atoms with Crippen LogP contribution in [0.15, 0.2) is 54.7 Å². The third-order valence-electron chi connectivity index (χ3n) is 5.99. The molecule has 5 heteroatoms. The van der Waals surface area contributed by atoms with Gasteiger partial charge in [0.2, 0.25) is 0 Å². The van der Waals surface area contributed by atoms with E-state index in [0.717, 1.165) is 51.5 Å². The number of fused-ring (bicyclic) bond motifs is 1. The monoisotopic (exact) mass is 366 g/mol. The molecule has 144 valence electrons. The van der Waals surface area contributed by atoms with Gasteiger partial charge in [0.15, 0.2) is 0 Å². The summed E-state index contributed by atoms with van der Waals surface area (Å²) in [5.41, 5.74) is 2.30. The molecule has 4 rings (SSSR count). The molecule has 3 heterocycles. The maximum Gasteiger partial charge on any atom is 0.0625 e. The van der Waals surface area contributed by atoms with E-state index in [2.05, 4.69) is 69.1 Å². The molecule has 0 spiro atoms. The van der Waals surface area contributed by atoms with Gasteiger partial charge in [0.05, 0.1) is 17.8 Å². The molecule has 0 amide bonds. The van der Waals surface area contributed by atoms with Gasteiger partial charge < -0.3 is 5.11 Å². The highest BCUT2D eigenvalue weighted by Crippen LogP contribution is 2.29. The average molecular weight is 367 g/mol. The molecule has 2 aliphatic heterocycles. The van der Waals surface area contributed by atoms with Gasteiger partial charge >= 0.3 is 0 Å². The molecule has 0 radical (unpaired) electrons. The van der Waals surface area contributed by atoms with Crippen molar-refractivity contribution in [2.75, 3.05) is 39.3 Å². The lowest BCUT2D eigenvalue weighted by molar-refractivity contribution is -0.0952. The fourth-order valence-corrected chi connectivity index (χ4v) is 4.69. The Morgan fingerprint density at radius 1 is 1.00 bits per heavy atom. The molecule has 2 saturated heterocycles. The lowest BCUT2D eigenvalue weighted by Crippen LogP contribution is -2.71. The fourth-order valence-electron chi connectivity index (χ4n) is 4.69. The summed E-state index contributed by atoms with van der Waals surface area (Å²) in [6, 6.07) is 17.2. The van der Waals surface area contributed by atoms with E-state index in [9.17, 15) is 5.11 Å². The number of hydrogen-bond acceptors (Lipinski definition) is 5. The Bertz CT molecular complexity index is 724. The normalized spacial score (nSPS) is 27.4. The van der Waals surface area contributed by atoms with Crippen LogP contribution in [-0.2, 0) is 13.1 Å². The van der Waals surface area contributed by atoms with E-state index in [0.29, 0.717) is 6.04 Å². The first-order valence-electron chi connectivity index (χ1n) is 9.92. The van der Waals surface area contributed by atoms with Gasteiger partial charge in [-0.2, -0.15) is 0 Å². The number of hydrogen-bond donors (Lipinski definition) is 1. The molecule has 2 aromatic rings. The van der Waals surface area contributed by atoms with E-state index < -0.39 is 0 Å². The Balaban J connectivity index is 1.46. The predicted octanol–water partition coefficient (Wildman–Crippen LogP) is 1.83. The third kappa shape index (κ3) is 4.22. The first-order chi connectivity index (χ1) is 13.2. The van der Waals surface area contributed by atoms with Gasteiger partial charge in [0, 0.05) is 58.1 Å². The first kappa shape index (κ1) is 18.6. The van der Waals surface area contributed by atoms with Gasteiger partial charge in [0.25, 0.3) is 0 Å². The summed E-state index contributed by atoms with van der Waals surface area (Å²) in [7, 11) is 0. The van der Waals surface area contributed by atoms with Crippen molar-refractivity contribution in [3.8, 4) is 0 Å². The molecule has 1 aromatic heterocycles. The highest BCUT2D eigenvalue weighted by atomic mass is 16.3. The highest BCUT2D eigenvalue weighted by molar-refractivity contribution is 5.15. The van der Waals surface area contributed by atoms with E-state index >= 15 is 0 Å². The second-order valence-corrected chi connectivity index (χ2v) is 8.21. The zero-order valence-electron chi connectivity index (χ0n) is 16.2. The van der Waals surface area contributed by atoms with Gasteiger partial charge in [-0.05, 0) is 24.6 Å². The number of nitrogens with zero attached hydrogens (tertiary/aromatic N) is 4. The summed E-state index contributed by atoms with van der Waals surface area (Å²) in [6.07, 6.45) is 1.87. The van der Waals surface area contributed by atoms with Crippen LogP contribution in [0.3, 0.4) is 0 Å². The largest absolute Gasteiger partial charge is 0.394 e. The van der Waals surface area contributed by atoms with Crippen LogP contribution in [0.2, 0.25) is 0 Å². The van der Waals surface area contributed by atoms with Crippen LogP contribution in [0.1, 0.15) is 18.2 Å².